The third-order valence-electron chi connectivity index (χ3n) is 6.63. The van der Waals surface area contributed by atoms with Gasteiger partial charge in [-0.05, 0) is 31.9 Å². The van der Waals surface area contributed by atoms with Crippen LogP contribution in [0.5, 0.6) is 0 Å². The summed E-state index contributed by atoms with van der Waals surface area (Å²) in [6, 6.07) is 4.18. The van der Waals surface area contributed by atoms with Crippen molar-refractivity contribution in [3.63, 3.8) is 0 Å². The molecule has 0 aliphatic carbocycles. The van der Waals surface area contributed by atoms with Crippen LogP contribution in [0.3, 0.4) is 0 Å². The lowest BCUT2D eigenvalue weighted by atomic mass is 10.0. The van der Waals surface area contributed by atoms with Crippen molar-refractivity contribution in [3.8, 4) is 0 Å². The van der Waals surface area contributed by atoms with E-state index >= 15 is 0 Å². The second-order valence-corrected chi connectivity index (χ2v) is 8.51. The number of rotatable bonds is 4. The van der Waals surface area contributed by atoms with Crippen LogP contribution >= 0.6 is 0 Å². The Labute approximate surface area is 174 Å². The molecule has 0 saturated carbocycles. The van der Waals surface area contributed by atoms with Gasteiger partial charge in [-0.1, -0.05) is 0 Å². The van der Waals surface area contributed by atoms with E-state index in [2.05, 4.69) is 20.2 Å². The van der Waals surface area contributed by atoms with Crippen molar-refractivity contribution < 1.29 is 14.3 Å². The number of amides is 2. The van der Waals surface area contributed by atoms with Crippen LogP contribution in [0.1, 0.15) is 25.1 Å². The van der Waals surface area contributed by atoms with Gasteiger partial charge in [-0.15, -0.1) is 15.3 Å². The minimum absolute atomic E-state index is 0.0700. The Hall–Kier alpha value is -2.75. The number of nitrogens with zero attached hydrogens (tertiary/aromatic N) is 7. The summed E-state index contributed by atoms with van der Waals surface area (Å²) in [6.45, 7) is 5.25. The van der Waals surface area contributed by atoms with E-state index in [1.165, 1.54) is 0 Å². The van der Waals surface area contributed by atoms with Gasteiger partial charge in [0.25, 0.3) is 0 Å². The minimum Gasteiger partial charge on any atom is -0.381 e. The molecule has 0 radical (unpaired) electrons. The number of carbonyl (C=O) groups is 2. The van der Waals surface area contributed by atoms with Gasteiger partial charge in [-0.3, -0.25) is 9.59 Å². The van der Waals surface area contributed by atoms with Crippen LogP contribution in [0.2, 0.25) is 0 Å². The summed E-state index contributed by atoms with van der Waals surface area (Å²) in [5.74, 6) is 1.53. The Morgan fingerprint density at radius 1 is 1.17 bits per heavy atom. The topological polar surface area (TPSA) is 96.2 Å². The molecule has 1 atom stereocenters. The zero-order valence-corrected chi connectivity index (χ0v) is 17.4. The standard InChI is InChI=1S/C20H27N7O3/c1-13-21-22-17-3-4-18(23-27(13)17)25-11-16(12-25)24(2)20(29)14-9-19(28)26(10-14)15-5-7-30-8-6-15/h3-4,14-16H,5-12H2,1-2H3. The summed E-state index contributed by atoms with van der Waals surface area (Å²) in [4.78, 5) is 31.4. The molecule has 2 aromatic heterocycles. The quantitative estimate of drug-likeness (QED) is 0.702. The number of ether oxygens (including phenoxy) is 1. The van der Waals surface area contributed by atoms with Crippen molar-refractivity contribution >= 4 is 23.3 Å². The molecule has 3 aliphatic rings. The van der Waals surface area contributed by atoms with E-state index in [4.69, 9.17) is 4.74 Å². The van der Waals surface area contributed by atoms with Crippen molar-refractivity contribution in [1.82, 2.24) is 29.6 Å². The number of likely N-dealkylation sites (tertiary alicyclic amines) is 1. The zero-order chi connectivity index (χ0) is 20.8. The van der Waals surface area contributed by atoms with E-state index in [-0.39, 0.29) is 29.8 Å². The predicted octanol–water partition coefficient (Wildman–Crippen LogP) is 0.107. The van der Waals surface area contributed by atoms with Crippen molar-refractivity contribution in [2.45, 2.75) is 38.3 Å². The number of hydrogen-bond donors (Lipinski definition) is 0. The first-order valence-corrected chi connectivity index (χ1v) is 10.6. The highest BCUT2D eigenvalue weighted by atomic mass is 16.5. The molecule has 5 rings (SSSR count). The Morgan fingerprint density at radius 2 is 1.93 bits per heavy atom. The summed E-state index contributed by atoms with van der Waals surface area (Å²) in [6.07, 6.45) is 2.05. The second-order valence-electron chi connectivity index (χ2n) is 8.51. The van der Waals surface area contributed by atoms with E-state index in [0.29, 0.717) is 26.2 Å². The highest BCUT2D eigenvalue weighted by molar-refractivity contribution is 5.89. The normalized spacial score (nSPS) is 23.3. The lowest BCUT2D eigenvalue weighted by molar-refractivity contribution is -0.137. The molecule has 10 nitrogen and oxygen atoms in total. The summed E-state index contributed by atoms with van der Waals surface area (Å²) in [5, 5.41) is 12.7. The van der Waals surface area contributed by atoms with E-state index in [0.717, 1.165) is 43.2 Å². The number of likely N-dealkylation sites (N-methyl/N-ethyl adjacent to an activating group) is 1. The van der Waals surface area contributed by atoms with Gasteiger partial charge >= 0.3 is 0 Å². The summed E-state index contributed by atoms with van der Waals surface area (Å²) >= 11 is 0. The molecular weight excluding hydrogens is 386 g/mol. The Morgan fingerprint density at radius 3 is 2.70 bits per heavy atom. The summed E-state index contributed by atoms with van der Waals surface area (Å²) in [5.41, 5.74) is 0.723. The summed E-state index contributed by atoms with van der Waals surface area (Å²) < 4.78 is 7.13. The largest absolute Gasteiger partial charge is 0.381 e. The van der Waals surface area contributed by atoms with E-state index in [1.807, 2.05) is 35.9 Å². The molecule has 2 aromatic rings. The van der Waals surface area contributed by atoms with Crippen molar-refractivity contribution in [1.29, 1.82) is 0 Å². The lowest BCUT2D eigenvalue weighted by Gasteiger charge is -2.45. The first-order chi connectivity index (χ1) is 14.5. The predicted molar refractivity (Wildman–Crippen MR) is 108 cm³/mol. The van der Waals surface area contributed by atoms with Crippen molar-refractivity contribution in [2.75, 3.05) is 44.8 Å². The number of aromatic nitrogens is 4. The average Bonchev–Trinajstić information content (AvgIpc) is 3.30. The molecule has 0 aromatic carbocycles. The smallest absolute Gasteiger partial charge is 0.228 e. The molecule has 3 fully saturated rings. The lowest BCUT2D eigenvalue weighted by Crippen LogP contribution is -2.61. The first-order valence-electron chi connectivity index (χ1n) is 10.6. The van der Waals surface area contributed by atoms with Gasteiger partial charge < -0.3 is 19.4 Å². The number of anilines is 1. The van der Waals surface area contributed by atoms with Crippen LogP contribution in [-0.2, 0) is 14.3 Å². The van der Waals surface area contributed by atoms with Crippen LogP contribution in [0, 0.1) is 12.8 Å². The van der Waals surface area contributed by atoms with Gasteiger partial charge in [0.15, 0.2) is 11.5 Å². The van der Waals surface area contributed by atoms with E-state index in [9.17, 15) is 9.59 Å². The second kappa shape index (κ2) is 7.50. The SMILES string of the molecule is Cc1nnc2ccc(N3CC(N(C)C(=O)C4CC(=O)N(C5CCOCC5)C4)C3)nn12. The molecule has 0 bridgehead atoms. The third-order valence-corrected chi connectivity index (χ3v) is 6.63. The molecule has 3 aliphatic heterocycles. The number of fused-ring (bicyclic) bond motifs is 1. The Bertz CT molecular complexity index is 964. The maximum atomic E-state index is 13.0. The number of aryl methyl sites for hydroxylation is 1. The number of hydrogen-bond acceptors (Lipinski definition) is 7. The van der Waals surface area contributed by atoms with Crippen LogP contribution in [0.4, 0.5) is 5.82 Å². The Balaban J connectivity index is 1.18. The van der Waals surface area contributed by atoms with Crippen LogP contribution in [0.25, 0.3) is 5.65 Å². The van der Waals surface area contributed by atoms with E-state index < -0.39 is 0 Å². The molecule has 0 N–H and O–H groups in total. The molecule has 3 saturated heterocycles. The molecule has 0 spiro atoms. The molecular formula is C20H27N7O3. The third kappa shape index (κ3) is 3.28. The van der Waals surface area contributed by atoms with Crippen LogP contribution < -0.4 is 4.90 Å². The Kier molecular flexibility index (Phi) is 4.80. The molecule has 30 heavy (non-hydrogen) atoms. The molecule has 5 heterocycles. The van der Waals surface area contributed by atoms with Gasteiger partial charge in [0.05, 0.1) is 12.0 Å². The first kappa shape index (κ1) is 19.2. The highest BCUT2D eigenvalue weighted by Gasteiger charge is 2.42. The maximum Gasteiger partial charge on any atom is 0.228 e. The molecule has 160 valence electrons. The van der Waals surface area contributed by atoms with Gasteiger partial charge in [-0.2, -0.15) is 4.52 Å². The molecule has 10 heteroatoms. The average molecular weight is 413 g/mol. The highest BCUT2D eigenvalue weighted by Crippen LogP contribution is 2.28. The van der Waals surface area contributed by atoms with Crippen molar-refractivity contribution in [3.05, 3.63) is 18.0 Å². The molecule has 1 unspecified atom stereocenters. The fourth-order valence-electron chi connectivity index (χ4n) is 4.66. The van der Waals surface area contributed by atoms with Crippen LogP contribution in [0.15, 0.2) is 12.1 Å². The maximum absolute atomic E-state index is 13.0. The summed E-state index contributed by atoms with van der Waals surface area (Å²) in [7, 11) is 1.85. The van der Waals surface area contributed by atoms with Gasteiger partial charge in [0.1, 0.15) is 5.82 Å². The van der Waals surface area contributed by atoms with Gasteiger partial charge in [0.2, 0.25) is 11.8 Å². The fraction of sp³-hybridized carbons (Fsp3) is 0.650. The van der Waals surface area contributed by atoms with Gasteiger partial charge in [-0.25, -0.2) is 0 Å². The molecule has 2 amide bonds. The van der Waals surface area contributed by atoms with Crippen molar-refractivity contribution in [2.24, 2.45) is 5.92 Å². The fourth-order valence-corrected chi connectivity index (χ4v) is 4.66. The monoisotopic (exact) mass is 413 g/mol. The minimum atomic E-state index is -0.242. The number of carbonyl (C=O) groups excluding carboxylic acids is 2. The van der Waals surface area contributed by atoms with E-state index in [1.54, 1.807) is 4.52 Å². The van der Waals surface area contributed by atoms with Gasteiger partial charge in [0, 0.05) is 52.4 Å². The zero-order valence-electron chi connectivity index (χ0n) is 17.4. The van der Waals surface area contributed by atoms with Crippen LogP contribution in [-0.4, -0.2) is 93.4 Å².